The van der Waals surface area contributed by atoms with Gasteiger partial charge in [0.25, 0.3) is 5.91 Å². The predicted molar refractivity (Wildman–Crippen MR) is 104 cm³/mol. The highest BCUT2D eigenvalue weighted by molar-refractivity contribution is 6.16. The van der Waals surface area contributed by atoms with Crippen molar-refractivity contribution in [2.24, 2.45) is 0 Å². The number of ether oxygens (including phenoxy) is 1. The van der Waals surface area contributed by atoms with Crippen molar-refractivity contribution < 1.29 is 23.9 Å². The van der Waals surface area contributed by atoms with Crippen LogP contribution in [0.4, 0.5) is 5.69 Å². The summed E-state index contributed by atoms with van der Waals surface area (Å²) in [6.45, 7) is 0.234. The van der Waals surface area contributed by atoms with Gasteiger partial charge in [0.05, 0.1) is 5.70 Å². The summed E-state index contributed by atoms with van der Waals surface area (Å²) in [6, 6.07) is 15.6. The van der Waals surface area contributed by atoms with E-state index in [1.54, 1.807) is 48.5 Å². The lowest BCUT2D eigenvalue weighted by molar-refractivity contribution is -0.138. The minimum atomic E-state index is -0.872. The number of allylic oxidation sites excluding steroid dienone is 1. The van der Waals surface area contributed by atoms with Gasteiger partial charge in [0.1, 0.15) is 0 Å². The number of carbonyl (C=O) groups is 4. The zero-order valence-corrected chi connectivity index (χ0v) is 15.3. The number of nitrogens with zero attached hydrogens (tertiary/aromatic N) is 1. The number of carbonyl (C=O) groups excluding carboxylic acids is 4. The van der Waals surface area contributed by atoms with E-state index in [2.05, 4.69) is 5.32 Å². The molecule has 144 valence electrons. The summed E-state index contributed by atoms with van der Waals surface area (Å²) in [7, 11) is 0. The van der Waals surface area contributed by atoms with Gasteiger partial charge in [-0.1, -0.05) is 36.4 Å². The largest absolute Gasteiger partial charge is 0.417 e. The first-order valence-electron chi connectivity index (χ1n) is 8.99. The first-order chi connectivity index (χ1) is 14.0. The van der Waals surface area contributed by atoms with E-state index in [1.807, 2.05) is 6.07 Å². The minimum absolute atomic E-state index is 0.0596. The number of benzene rings is 2. The molecule has 7 heteroatoms. The molecular formula is C22H16N2O5. The van der Waals surface area contributed by atoms with Crippen molar-refractivity contribution in [1.82, 2.24) is 4.90 Å². The fourth-order valence-corrected chi connectivity index (χ4v) is 3.27. The molecule has 4 rings (SSSR count). The van der Waals surface area contributed by atoms with E-state index in [-0.39, 0.29) is 30.4 Å². The summed E-state index contributed by atoms with van der Waals surface area (Å²) < 4.78 is 5.25. The molecule has 2 amide bonds. The minimum Gasteiger partial charge on any atom is -0.417 e. The Morgan fingerprint density at radius 1 is 0.931 bits per heavy atom. The topological polar surface area (TPSA) is 92.8 Å². The molecule has 0 atom stereocenters. The Balaban J connectivity index is 1.54. The van der Waals surface area contributed by atoms with E-state index in [9.17, 15) is 19.2 Å². The van der Waals surface area contributed by atoms with Crippen LogP contribution in [0.1, 0.15) is 22.3 Å². The van der Waals surface area contributed by atoms with Gasteiger partial charge in [0, 0.05) is 41.9 Å². The highest BCUT2D eigenvalue weighted by atomic mass is 16.5. The number of fused-ring (bicyclic) bond motifs is 3. The molecule has 0 saturated carbocycles. The van der Waals surface area contributed by atoms with E-state index in [4.69, 9.17) is 4.74 Å². The van der Waals surface area contributed by atoms with E-state index in [1.165, 1.54) is 4.90 Å². The van der Waals surface area contributed by atoms with Crippen molar-refractivity contribution in [3.63, 3.8) is 0 Å². The monoisotopic (exact) mass is 388 g/mol. The molecule has 0 radical (unpaired) electrons. The highest BCUT2D eigenvalue weighted by Gasteiger charge is 2.40. The second-order valence-corrected chi connectivity index (χ2v) is 6.46. The van der Waals surface area contributed by atoms with Crippen LogP contribution in [-0.4, -0.2) is 35.0 Å². The van der Waals surface area contributed by atoms with E-state index in [0.717, 1.165) is 12.2 Å². The maximum atomic E-state index is 12.5. The first-order valence-corrected chi connectivity index (χ1v) is 8.99. The fourth-order valence-electron chi connectivity index (χ4n) is 3.27. The average Bonchev–Trinajstić information content (AvgIpc) is 3.02. The number of anilines is 1. The van der Waals surface area contributed by atoms with Crippen LogP contribution in [0.15, 0.2) is 72.5 Å². The van der Waals surface area contributed by atoms with Crippen LogP contribution < -0.4 is 5.32 Å². The van der Waals surface area contributed by atoms with Gasteiger partial charge in [-0.15, -0.1) is 0 Å². The zero-order chi connectivity index (χ0) is 20.4. The molecule has 0 spiro atoms. The van der Waals surface area contributed by atoms with Crippen LogP contribution in [-0.2, 0) is 19.1 Å². The van der Waals surface area contributed by atoms with Crippen molar-refractivity contribution in [3.05, 3.63) is 83.6 Å². The number of hydrogen-bond acceptors (Lipinski definition) is 5. The van der Waals surface area contributed by atoms with Crippen LogP contribution in [0.25, 0.3) is 5.70 Å². The second kappa shape index (κ2) is 7.55. The molecule has 0 aromatic heterocycles. The van der Waals surface area contributed by atoms with Gasteiger partial charge in [-0.3, -0.25) is 14.4 Å². The summed E-state index contributed by atoms with van der Waals surface area (Å²) in [5, 5.41) is 2.60. The third-order valence-electron chi connectivity index (χ3n) is 4.57. The van der Waals surface area contributed by atoms with Gasteiger partial charge in [0.15, 0.2) is 5.76 Å². The first kappa shape index (κ1) is 18.4. The molecule has 0 unspecified atom stereocenters. The normalized spacial score (nSPS) is 15.4. The predicted octanol–water partition coefficient (Wildman–Crippen LogP) is 2.52. The van der Waals surface area contributed by atoms with Crippen LogP contribution in [0, 0.1) is 0 Å². The second-order valence-electron chi connectivity index (χ2n) is 6.46. The molecule has 0 saturated heterocycles. The summed E-state index contributed by atoms with van der Waals surface area (Å²) in [4.78, 5) is 50.5. The van der Waals surface area contributed by atoms with Gasteiger partial charge < -0.3 is 15.0 Å². The third kappa shape index (κ3) is 3.58. The number of rotatable bonds is 4. The van der Waals surface area contributed by atoms with Gasteiger partial charge in [-0.25, -0.2) is 4.79 Å². The Bertz CT molecular complexity index is 1090. The Labute approximate surface area is 166 Å². The number of para-hydroxylation sites is 1. The van der Waals surface area contributed by atoms with E-state index in [0.29, 0.717) is 22.5 Å². The molecule has 2 aliphatic heterocycles. The molecule has 2 aromatic rings. The number of Topliss-reactive ketones (excluding diaryl/α,β-unsaturated/α-hetero) is 1. The summed E-state index contributed by atoms with van der Waals surface area (Å²) >= 11 is 0. The zero-order valence-electron chi connectivity index (χ0n) is 15.3. The van der Waals surface area contributed by atoms with Crippen LogP contribution in [0.2, 0.25) is 0 Å². The fraction of sp³-hybridized carbons (Fsp3) is 0.0909. The molecule has 2 heterocycles. The summed E-state index contributed by atoms with van der Waals surface area (Å²) in [5.41, 5.74) is 1.90. The Kier molecular flexibility index (Phi) is 4.78. The lowest BCUT2D eigenvalue weighted by Crippen LogP contribution is -2.33. The van der Waals surface area contributed by atoms with Crippen molar-refractivity contribution in [2.75, 3.05) is 11.9 Å². The van der Waals surface area contributed by atoms with Crippen LogP contribution >= 0.6 is 0 Å². The van der Waals surface area contributed by atoms with Crippen molar-refractivity contribution in [3.8, 4) is 0 Å². The van der Waals surface area contributed by atoms with Crippen molar-refractivity contribution in [2.45, 2.75) is 6.42 Å². The molecule has 2 aromatic carbocycles. The lowest BCUT2D eigenvalue weighted by Gasteiger charge is -2.25. The molecule has 0 aliphatic carbocycles. The molecular weight excluding hydrogens is 372 g/mol. The average molecular weight is 388 g/mol. The number of nitrogens with one attached hydrogen (secondary N) is 1. The van der Waals surface area contributed by atoms with Gasteiger partial charge in [-0.05, 0) is 18.2 Å². The molecule has 0 fully saturated rings. The van der Waals surface area contributed by atoms with Crippen molar-refractivity contribution >= 4 is 35.0 Å². The van der Waals surface area contributed by atoms with E-state index >= 15 is 0 Å². The Hall–Kier alpha value is -4.00. The maximum Gasteiger partial charge on any atom is 0.336 e. The molecule has 7 nitrogen and oxygen atoms in total. The van der Waals surface area contributed by atoms with Gasteiger partial charge in [-0.2, -0.15) is 0 Å². The van der Waals surface area contributed by atoms with E-state index < -0.39 is 11.9 Å². The Morgan fingerprint density at radius 3 is 2.38 bits per heavy atom. The third-order valence-corrected chi connectivity index (χ3v) is 4.57. The molecule has 0 bridgehead atoms. The number of ketones is 1. The maximum absolute atomic E-state index is 12.5. The van der Waals surface area contributed by atoms with Gasteiger partial charge >= 0.3 is 5.97 Å². The standard InChI is InChI=1S/C22H16N2O5/c25-17-12-13-24-20(15-8-4-5-9-16(15)22(24)28)21(17)29-19(27)11-10-18(26)23-14-6-2-1-3-7-14/h1-11H,12-13H2,(H,23,26)/b11-10-. The molecule has 1 N–H and O–H groups in total. The summed E-state index contributed by atoms with van der Waals surface area (Å²) in [6.07, 6.45) is 2.03. The number of amides is 2. The van der Waals surface area contributed by atoms with Crippen molar-refractivity contribution in [1.29, 1.82) is 0 Å². The highest BCUT2D eigenvalue weighted by Crippen LogP contribution is 2.38. The SMILES string of the molecule is O=C(/C=C\C(=O)OC1=C2c3ccccc3C(=O)N2CCC1=O)Nc1ccccc1. The lowest BCUT2D eigenvalue weighted by atomic mass is 10.0. The smallest absolute Gasteiger partial charge is 0.336 e. The number of hydrogen-bond donors (Lipinski definition) is 1. The molecule has 29 heavy (non-hydrogen) atoms. The number of esters is 1. The Morgan fingerprint density at radius 2 is 1.62 bits per heavy atom. The van der Waals surface area contributed by atoms with Crippen LogP contribution in [0.3, 0.4) is 0 Å². The quantitative estimate of drug-likeness (QED) is 0.642. The molecule has 2 aliphatic rings. The summed E-state index contributed by atoms with van der Waals surface area (Å²) in [5.74, 6) is -2.15. The van der Waals surface area contributed by atoms with Crippen LogP contribution in [0.5, 0.6) is 0 Å². The van der Waals surface area contributed by atoms with Gasteiger partial charge in [0.2, 0.25) is 11.7 Å².